The molecule has 2 fully saturated rings. The third-order valence-electron chi connectivity index (χ3n) is 7.26. The molecule has 0 aromatic carbocycles. The van der Waals surface area contributed by atoms with Crippen LogP contribution in [0.1, 0.15) is 61.6 Å². The van der Waals surface area contributed by atoms with Gasteiger partial charge in [0.1, 0.15) is 11.6 Å². The molecule has 1 heterocycles. The van der Waals surface area contributed by atoms with Gasteiger partial charge in [0.2, 0.25) is 11.8 Å². The van der Waals surface area contributed by atoms with Crippen molar-refractivity contribution in [2.45, 2.75) is 57.5 Å². The number of hydrogen-bond acceptors (Lipinski definition) is 5. The molecule has 3 aliphatic rings. The number of nitriles is 1. The minimum Gasteiger partial charge on any atom is -0.481 e. The van der Waals surface area contributed by atoms with Crippen LogP contribution in [0.2, 0.25) is 0 Å². The summed E-state index contributed by atoms with van der Waals surface area (Å²) in [6.45, 7) is 2.27. The van der Waals surface area contributed by atoms with Gasteiger partial charge in [-0.2, -0.15) is 10.2 Å². The highest BCUT2D eigenvalue weighted by Crippen LogP contribution is 2.62. The van der Waals surface area contributed by atoms with Crippen LogP contribution in [0, 0.1) is 28.6 Å². The van der Waals surface area contributed by atoms with Crippen LogP contribution in [0.25, 0.3) is 0 Å². The van der Waals surface area contributed by atoms with E-state index in [1.54, 1.807) is 14.2 Å². The standard InChI is InChI=1S/C20H26N2O3/c1-20-9-8-13-11(15(20)6-7-16(20)23)4-5-12-14(10-21)18(24-2)22-19(25-3)17(12)13/h11,13,15-16,23H,4-9H2,1-3H3/t11-,13+,15+,16+,20+/m1/s1. The third-order valence-corrected chi connectivity index (χ3v) is 7.26. The summed E-state index contributed by atoms with van der Waals surface area (Å²) in [6, 6.07) is 2.30. The SMILES string of the molecule is COc1nc(OC)c2c(c1C#N)CC[C@@H]1[C@@H]2CC[C@]2(C)[C@@H](O)CC[C@@H]12. The molecule has 4 rings (SSSR count). The number of hydrogen-bond donors (Lipinski definition) is 1. The molecule has 1 aromatic heterocycles. The Morgan fingerprint density at radius 3 is 2.60 bits per heavy atom. The van der Waals surface area contributed by atoms with Crippen LogP contribution in [-0.4, -0.2) is 30.4 Å². The molecule has 0 spiro atoms. The van der Waals surface area contributed by atoms with E-state index in [9.17, 15) is 10.4 Å². The van der Waals surface area contributed by atoms with Crippen molar-refractivity contribution < 1.29 is 14.6 Å². The van der Waals surface area contributed by atoms with Crippen LogP contribution in [0.15, 0.2) is 0 Å². The number of nitrogens with zero attached hydrogens (tertiary/aromatic N) is 2. The van der Waals surface area contributed by atoms with E-state index in [0.717, 1.165) is 49.7 Å². The van der Waals surface area contributed by atoms with Crippen molar-refractivity contribution in [3.8, 4) is 17.8 Å². The summed E-state index contributed by atoms with van der Waals surface area (Å²) in [5, 5.41) is 20.2. The maximum Gasteiger partial charge on any atom is 0.235 e. The van der Waals surface area contributed by atoms with Crippen LogP contribution in [0.4, 0.5) is 0 Å². The fourth-order valence-electron chi connectivity index (χ4n) is 5.99. The minimum absolute atomic E-state index is 0.0455. The molecule has 2 saturated carbocycles. The molecule has 5 atom stereocenters. The van der Waals surface area contributed by atoms with Gasteiger partial charge in [-0.1, -0.05) is 6.92 Å². The van der Waals surface area contributed by atoms with E-state index in [1.165, 1.54) is 0 Å². The van der Waals surface area contributed by atoms with Crippen molar-refractivity contribution >= 4 is 0 Å². The van der Waals surface area contributed by atoms with Gasteiger partial charge >= 0.3 is 0 Å². The zero-order valence-electron chi connectivity index (χ0n) is 15.2. The molecule has 5 heteroatoms. The predicted molar refractivity (Wildman–Crippen MR) is 92.7 cm³/mol. The Kier molecular flexibility index (Phi) is 3.92. The number of aliphatic hydroxyl groups excluding tert-OH is 1. The van der Waals surface area contributed by atoms with Gasteiger partial charge < -0.3 is 14.6 Å². The Bertz CT molecular complexity index is 741. The summed E-state index contributed by atoms with van der Waals surface area (Å²) in [6.07, 6.45) is 5.81. The molecule has 0 amide bonds. The van der Waals surface area contributed by atoms with E-state index in [-0.39, 0.29) is 11.5 Å². The van der Waals surface area contributed by atoms with Gasteiger partial charge in [-0.3, -0.25) is 0 Å². The molecular weight excluding hydrogens is 316 g/mol. The maximum atomic E-state index is 10.5. The lowest BCUT2D eigenvalue weighted by Gasteiger charge is -2.50. The lowest BCUT2D eigenvalue weighted by atomic mass is 9.55. The van der Waals surface area contributed by atoms with Crippen molar-refractivity contribution in [2.24, 2.45) is 17.3 Å². The number of fused-ring (bicyclic) bond motifs is 5. The number of pyridine rings is 1. The molecule has 0 saturated heterocycles. The lowest BCUT2D eigenvalue weighted by Crippen LogP contribution is -2.44. The van der Waals surface area contributed by atoms with E-state index in [1.807, 2.05) is 0 Å². The highest BCUT2D eigenvalue weighted by Gasteiger charge is 2.55. The smallest absolute Gasteiger partial charge is 0.235 e. The van der Waals surface area contributed by atoms with Crippen molar-refractivity contribution in [3.63, 3.8) is 0 Å². The minimum atomic E-state index is -0.176. The topological polar surface area (TPSA) is 75.4 Å². The first kappa shape index (κ1) is 16.7. The number of aromatic nitrogens is 1. The van der Waals surface area contributed by atoms with Crippen LogP contribution in [-0.2, 0) is 6.42 Å². The van der Waals surface area contributed by atoms with Gasteiger partial charge in [-0.25, -0.2) is 0 Å². The second kappa shape index (κ2) is 5.88. The molecule has 134 valence electrons. The molecule has 0 aliphatic heterocycles. The Balaban J connectivity index is 1.82. The highest BCUT2D eigenvalue weighted by molar-refractivity contribution is 5.55. The summed E-state index contributed by atoms with van der Waals surface area (Å²) < 4.78 is 10.9. The van der Waals surface area contributed by atoms with Gasteiger partial charge in [-0.05, 0) is 67.3 Å². The monoisotopic (exact) mass is 342 g/mol. The van der Waals surface area contributed by atoms with E-state index < -0.39 is 0 Å². The van der Waals surface area contributed by atoms with Gasteiger partial charge in [0.25, 0.3) is 0 Å². The van der Waals surface area contributed by atoms with Gasteiger partial charge in [0.15, 0.2) is 0 Å². The molecule has 1 aromatic rings. The van der Waals surface area contributed by atoms with E-state index in [4.69, 9.17) is 9.47 Å². The highest BCUT2D eigenvalue weighted by atomic mass is 16.5. The van der Waals surface area contributed by atoms with Gasteiger partial charge in [0.05, 0.1) is 20.3 Å². The zero-order chi connectivity index (χ0) is 17.8. The largest absolute Gasteiger partial charge is 0.481 e. The summed E-state index contributed by atoms with van der Waals surface area (Å²) in [5.41, 5.74) is 2.80. The molecule has 0 bridgehead atoms. The van der Waals surface area contributed by atoms with Gasteiger partial charge in [-0.15, -0.1) is 0 Å². The van der Waals surface area contributed by atoms with Crippen molar-refractivity contribution in [2.75, 3.05) is 14.2 Å². The molecule has 0 unspecified atom stereocenters. The fraction of sp³-hybridized carbons (Fsp3) is 0.700. The van der Waals surface area contributed by atoms with Gasteiger partial charge in [0, 0.05) is 5.56 Å². The molecule has 1 N–H and O–H groups in total. The Hall–Kier alpha value is -1.80. The summed E-state index contributed by atoms with van der Waals surface area (Å²) in [4.78, 5) is 4.49. The van der Waals surface area contributed by atoms with Crippen molar-refractivity contribution in [1.82, 2.24) is 4.98 Å². The van der Waals surface area contributed by atoms with Crippen LogP contribution in [0.5, 0.6) is 11.8 Å². The van der Waals surface area contributed by atoms with Crippen LogP contribution < -0.4 is 9.47 Å². The average Bonchev–Trinajstić information content (AvgIpc) is 2.94. The summed E-state index contributed by atoms with van der Waals surface area (Å²) >= 11 is 0. The van der Waals surface area contributed by atoms with Crippen molar-refractivity contribution in [3.05, 3.63) is 16.7 Å². The van der Waals surface area contributed by atoms with E-state index in [0.29, 0.717) is 35.1 Å². The molecule has 25 heavy (non-hydrogen) atoms. The second-order valence-electron chi connectivity index (χ2n) is 8.06. The lowest BCUT2D eigenvalue weighted by molar-refractivity contribution is -0.0230. The first-order chi connectivity index (χ1) is 12.0. The number of rotatable bonds is 2. The molecule has 0 radical (unpaired) electrons. The number of methoxy groups -OCH3 is 2. The molecular formula is C20H26N2O3. The summed E-state index contributed by atoms with van der Waals surface area (Å²) in [5.74, 6) is 2.44. The second-order valence-corrected chi connectivity index (χ2v) is 8.06. The predicted octanol–water partition coefficient (Wildman–Crippen LogP) is 3.19. The fourth-order valence-corrected chi connectivity index (χ4v) is 5.99. The van der Waals surface area contributed by atoms with Crippen molar-refractivity contribution in [1.29, 1.82) is 5.26 Å². The maximum absolute atomic E-state index is 10.5. The average molecular weight is 342 g/mol. The van der Waals surface area contributed by atoms with E-state index in [2.05, 4.69) is 18.0 Å². The number of ether oxygens (including phenoxy) is 2. The first-order valence-electron chi connectivity index (χ1n) is 9.28. The first-order valence-corrected chi connectivity index (χ1v) is 9.28. The Morgan fingerprint density at radius 2 is 1.92 bits per heavy atom. The quantitative estimate of drug-likeness (QED) is 0.893. The van der Waals surface area contributed by atoms with Crippen LogP contribution >= 0.6 is 0 Å². The number of aliphatic hydroxyl groups is 1. The molecule has 5 nitrogen and oxygen atoms in total. The van der Waals surface area contributed by atoms with E-state index >= 15 is 0 Å². The molecule has 3 aliphatic carbocycles. The normalized spacial score (nSPS) is 36.0. The zero-order valence-corrected chi connectivity index (χ0v) is 15.2. The van der Waals surface area contributed by atoms with Crippen LogP contribution in [0.3, 0.4) is 0 Å². The Labute approximate surface area is 149 Å². The summed E-state index contributed by atoms with van der Waals surface area (Å²) in [7, 11) is 3.19. The Morgan fingerprint density at radius 1 is 1.16 bits per heavy atom. The third kappa shape index (κ3) is 2.20.